The lowest BCUT2D eigenvalue weighted by Gasteiger charge is -2.33. The van der Waals surface area contributed by atoms with E-state index in [1.807, 2.05) is 6.07 Å². The average molecular weight is 283 g/mol. The Morgan fingerprint density at radius 1 is 1.15 bits per heavy atom. The average Bonchev–Trinajstić information content (AvgIpc) is 2.77. The monoisotopic (exact) mass is 283 g/mol. The summed E-state index contributed by atoms with van der Waals surface area (Å²) >= 11 is 0. The van der Waals surface area contributed by atoms with Gasteiger partial charge in [-0.2, -0.15) is 13.2 Å². The molecule has 110 valence electrons. The van der Waals surface area contributed by atoms with Crippen LogP contribution in [0.25, 0.3) is 0 Å². The van der Waals surface area contributed by atoms with Gasteiger partial charge in [-0.25, -0.2) is 0 Å². The quantitative estimate of drug-likeness (QED) is 0.748. The fourth-order valence-corrected chi connectivity index (χ4v) is 4.05. The van der Waals surface area contributed by atoms with Crippen molar-refractivity contribution in [3.8, 4) is 0 Å². The third kappa shape index (κ3) is 2.58. The van der Waals surface area contributed by atoms with E-state index in [9.17, 15) is 13.2 Å². The largest absolute Gasteiger partial charge is 0.416 e. The van der Waals surface area contributed by atoms with E-state index in [0.717, 1.165) is 31.5 Å². The van der Waals surface area contributed by atoms with E-state index in [1.54, 1.807) is 6.07 Å². The normalized spacial score (nSPS) is 31.3. The second-order valence-electron chi connectivity index (χ2n) is 6.31. The molecule has 20 heavy (non-hydrogen) atoms. The highest BCUT2D eigenvalue weighted by Gasteiger charge is 2.40. The Hall–Kier alpha value is -1.03. The Labute approximate surface area is 117 Å². The Bertz CT molecular complexity index is 483. The van der Waals surface area contributed by atoms with Crippen LogP contribution in [-0.2, 0) is 6.18 Å². The molecule has 1 aromatic rings. The number of hydrogen-bond donors (Lipinski definition) is 0. The molecule has 1 aliphatic carbocycles. The standard InChI is InChI=1S/C16H20F3N/c1-20-9-12-5-3-7-14(15(12)10-20)11-4-2-6-13(8-11)16(17,18)19/h2,4,6,8,12,14-15H,3,5,7,9-10H2,1H3/t12-,14-,15+/m0/s1. The van der Waals surface area contributed by atoms with E-state index < -0.39 is 11.7 Å². The van der Waals surface area contributed by atoms with Crippen LogP contribution in [0.15, 0.2) is 24.3 Å². The highest BCUT2D eigenvalue weighted by Crippen LogP contribution is 2.45. The zero-order chi connectivity index (χ0) is 14.3. The summed E-state index contributed by atoms with van der Waals surface area (Å²) in [6, 6.07) is 5.97. The summed E-state index contributed by atoms with van der Waals surface area (Å²) in [6.07, 6.45) is -0.854. The van der Waals surface area contributed by atoms with Crippen molar-refractivity contribution in [3.05, 3.63) is 35.4 Å². The van der Waals surface area contributed by atoms with Crippen LogP contribution in [-0.4, -0.2) is 25.0 Å². The lowest BCUT2D eigenvalue weighted by molar-refractivity contribution is -0.137. The molecule has 0 N–H and O–H groups in total. The predicted octanol–water partition coefficient (Wildman–Crippen LogP) is 4.15. The number of halogens is 3. The molecule has 1 saturated carbocycles. The lowest BCUT2D eigenvalue weighted by atomic mass is 9.71. The van der Waals surface area contributed by atoms with Crippen LogP contribution in [0.3, 0.4) is 0 Å². The van der Waals surface area contributed by atoms with Crippen LogP contribution < -0.4 is 0 Å². The summed E-state index contributed by atoms with van der Waals surface area (Å²) < 4.78 is 38.6. The minimum absolute atomic E-state index is 0.293. The fourth-order valence-electron chi connectivity index (χ4n) is 4.05. The number of alkyl halides is 3. The van der Waals surface area contributed by atoms with Gasteiger partial charge in [0.25, 0.3) is 0 Å². The molecule has 0 spiro atoms. The molecule has 0 unspecified atom stereocenters. The Balaban J connectivity index is 1.88. The fraction of sp³-hybridized carbons (Fsp3) is 0.625. The van der Waals surface area contributed by atoms with Gasteiger partial charge < -0.3 is 4.90 Å². The highest BCUT2D eigenvalue weighted by atomic mass is 19.4. The third-order valence-corrected chi connectivity index (χ3v) is 4.92. The van der Waals surface area contributed by atoms with Crippen molar-refractivity contribution in [2.45, 2.75) is 31.4 Å². The summed E-state index contributed by atoms with van der Waals surface area (Å²) in [5.41, 5.74) is 0.369. The van der Waals surface area contributed by atoms with Gasteiger partial charge in [-0.1, -0.05) is 24.6 Å². The first-order valence-corrected chi connectivity index (χ1v) is 7.31. The molecule has 2 aliphatic rings. The van der Waals surface area contributed by atoms with Crippen molar-refractivity contribution in [1.29, 1.82) is 0 Å². The van der Waals surface area contributed by atoms with Gasteiger partial charge in [-0.05, 0) is 49.3 Å². The van der Waals surface area contributed by atoms with Gasteiger partial charge in [-0.15, -0.1) is 0 Å². The van der Waals surface area contributed by atoms with Crippen LogP contribution >= 0.6 is 0 Å². The van der Waals surface area contributed by atoms with Crippen LogP contribution in [0.2, 0.25) is 0 Å². The molecule has 2 fully saturated rings. The maximum Gasteiger partial charge on any atom is 0.416 e. The molecule has 3 atom stereocenters. The second kappa shape index (κ2) is 5.06. The first-order chi connectivity index (χ1) is 9.45. The first-order valence-electron chi connectivity index (χ1n) is 7.31. The van der Waals surface area contributed by atoms with E-state index in [4.69, 9.17) is 0 Å². The molecule has 0 amide bonds. The van der Waals surface area contributed by atoms with Gasteiger partial charge in [0, 0.05) is 13.1 Å². The molecule has 0 bridgehead atoms. The van der Waals surface area contributed by atoms with E-state index >= 15 is 0 Å². The Morgan fingerprint density at radius 3 is 2.70 bits per heavy atom. The Morgan fingerprint density at radius 2 is 1.95 bits per heavy atom. The number of fused-ring (bicyclic) bond motifs is 1. The maximum absolute atomic E-state index is 12.9. The van der Waals surface area contributed by atoms with Crippen molar-refractivity contribution >= 4 is 0 Å². The van der Waals surface area contributed by atoms with Crippen molar-refractivity contribution in [2.75, 3.05) is 20.1 Å². The summed E-state index contributed by atoms with van der Waals surface area (Å²) in [5, 5.41) is 0. The van der Waals surface area contributed by atoms with E-state index in [1.165, 1.54) is 18.6 Å². The SMILES string of the molecule is CN1C[C@@H]2CCC[C@@H](c3cccc(C(F)(F)F)c3)[C@@H]2C1. The number of hydrogen-bond acceptors (Lipinski definition) is 1. The summed E-state index contributed by atoms with van der Waals surface area (Å²) in [7, 11) is 2.11. The zero-order valence-corrected chi connectivity index (χ0v) is 11.7. The molecule has 1 nitrogen and oxygen atoms in total. The van der Waals surface area contributed by atoms with Crippen molar-refractivity contribution < 1.29 is 13.2 Å². The Kier molecular flexibility index (Phi) is 3.53. The van der Waals surface area contributed by atoms with Crippen LogP contribution in [0.1, 0.15) is 36.3 Å². The van der Waals surface area contributed by atoms with Gasteiger partial charge in [0.15, 0.2) is 0 Å². The molecule has 0 aromatic heterocycles. The van der Waals surface area contributed by atoms with E-state index in [2.05, 4.69) is 11.9 Å². The summed E-state index contributed by atoms with van der Waals surface area (Å²) in [4.78, 5) is 2.32. The van der Waals surface area contributed by atoms with Gasteiger partial charge in [-0.3, -0.25) is 0 Å². The van der Waals surface area contributed by atoms with Crippen molar-refractivity contribution in [2.24, 2.45) is 11.8 Å². The summed E-state index contributed by atoms with van der Waals surface area (Å²) in [6.45, 7) is 2.12. The number of nitrogens with zero attached hydrogens (tertiary/aromatic N) is 1. The maximum atomic E-state index is 12.9. The summed E-state index contributed by atoms with van der Waals surface area (Å²) in [5.74, 6) is 1.48. The second-order valence-corrected chi connectivity index (χ2v) is 6.31. The number of rotatable bonds is 1. The zero-order valence-electron chi connectivity index (χ0n) is 11.7. The molecule has 1 heterocycles. The topological polar surface area (TPSA) is 3.24 Å². The number of likely N-dealkylation sites (tertiary alicyclic amines) is 1. The van der Waals surface area contributed by atoms with E-state index in [-0.39, 0.29) is 0 Å². The highest BCUT2D eigenvalue weighted by molar-refractivity contribution is 5.29. The minimum Gasteiger partial charge on any atom is -0.306 e. The van der Waals surface area contributed by atoms with Crippen molar-refractivity contribution in [1.82, 2.24) is 4.90 Å². The molecule has 1 aliphatic heterocycles. The third-order valence-electron chi connectivity index (χ3n) is 4.92. The van der Waals surface area contributed by atoms with Crippen molar-refractivity contribution in [3.63, 3.8) is 0 Å². The van der Waals surface area contributed by atoms with Gasteiger partial charge in [0.2, 0.25) is 0 Å². The molecule has 4 heteroatoms. The molecule has 1 saturated heterocycles. The lowest BCUT2D eigenvalue weighted by Crippen LogP contribution is -2.26. The van der Waals surface area contributed by atoms with Crippen LogP contribution in [0.4, 0.5) is 13.2 Å². The van der Waals surface area contributed by atoms with Crippen LogP contribution in [0, 0.1) is 11.8 Å². The molecule has 0 radical (unpaired) electrons. The van der Waals surface area contributed by atoms with E-state index in [0.29, 0.717) is 17.8 Å². The molecule has 3 rings (SSSR count). The van der Waals surface area contributed by atoms with Gasteiger partial charge in [0.05, 0.1) is 5.56 Å². The predicted molar refractivity (Wildman–Crippen MR) is 72.5 cm³/mol. The smallest absolute Gasteiger partial charge is 0.306 e. The number of benzene rings is 1. The van der Waals surface area contributed by atoms with Crippen LogP contribution in [0.5, 0.6) is 0 Å². The minimum atomic E-state index is -4.24. The van der Waals surface area contributed by atoms with Gasteiger partial charge >= 0.3 is 6.18 Å². The van der Waals surface area contributed by atoms with Gasteiger partial charge in [0.1, 0.15) is 0 Å². The molecular weight excluding hydrogens is 263 g/mol. The molecular formula is C16H20F3N. The molecule has 1 aromatic carbocycles. The first kappa shape index (κ1) is 13.9.